The van der Waals surface area contributed by atoms with E-state index in [1.54, 1.807) is 13.0 Å². The summed E-state index contributed by atoms with van der Waals surface area (Å²) in [5.74, 6) is 0.185. The fourth-order valence-electron chi connectivity index (χ4n) is 2.09. The normalized spacial score (nSPS) is 10.6. The second-order valence-electron chi connectivity index (χ2n) is 4.70. The molecule has 0 unspecified atom stereocenters. The highest BCUT2D eigenvalue weighted by atomic mass is 16.5. The van der Waals surface area contributed by atoms with Crippen LogP contribution in [0.5, 0.6) is 0 Å². The molecule has 0 aliphatic carbocycles. The molecule has 0 aromatic heterocycles. The molecule has 2 heteroatoms. The van der Waals surface area contributed by atoms with Gasteiger partial charge in [0.1, 0.15) is 5.78 Å². The van der Waals surface area contributed by atoms with Gasteiger partial charge >= 0.3 is 0 Å². The van der Waals surface area contributed by atoms with E-state index < -0.39 is 0 Å². The van der Waals surface area contributed by atoms with E-state index in [9.17, 15) is 4.79 Å². The Bertz CT molecular complexity index is 599. The minimum atomic E-state index is 0.185. The van der Waals surface area contributed by atoms with Crippen molar-refractivity contribution in [1.29, 1.82) is 0 Å². The van der Waals surface area contributed by atoms with Gasteiger partial charge in [0.25, 0.3) is 0 Å². The summed E-state index contributed by atoms with van der Waals surface area (Å²) in [6.45, 7) is 6.38. The van der Waals surface area contributed by atoms with Crippen molar-refractivity contribution < 1.29 is 9.53 Å². The Morgan fingerprint density at radius 1 is 1.16 bits per heavy atom. The van der Waals surface area contributed by atoms with Gasteiger partial charge < -0.3 is 4.74 Å². The van der Waals surface area contributed by atoms with Crippen LogP contribution < -0.4 is 0 Å². The number of hydrogen-bond donors (Lipinski definition) is 0. The molecule has 2 nitrogen and oxygen atoms in total. The molecule has 2 aromatic carbocycles. The van der Waals surface area contributed by atoms with Crippen molar-refractivity contribution in [3.05, 3.63) is 60.2 Å². The quantitative estimate of drug-likeness (QED) is 0.580. The molecule has 2 aromatic rings. The monoisotopic (exact) mass is 254 g/mol. The molecule has 0 fully saturated rings. The highest BCUT2D eigenvalue weighted by Gasteiger charge is 2.01. The van der Waals surface area contributed by atoms with Crippen molar-refractivity contribution in [1.82, 2.24) is 0 Å². The Balaban J connectivity index is 2.23. The third-order valence-corrected chi connectivity index (χ3v) is 2.93. The van der Waals surface area contributed by atoms with Gasteiger partial charge in [-0.25, -0.2) is 0 Å². The lowest BCUT2D eigenvalue weighted by molar-refractivity contribution is -0.116. The van der Waals surface area contributed by atoms with Crippen LogP contribution in [0.15, 0.2) is 49.1 Å². The summed E-state index contributed by atoms with van der Waals surface area (Å²) < 4.78 is 5.44. The maximum Gasteiger partial charge on any atom is 0.134 e. The molecule has 0 aliphatic rings. The molecule has 0 N–H and O–H groups in total. The Kier molecular flexibility index (Phi) is 4.48. The number of hydrogen-bond acceptors (Lipinski definition) is 2. The molecule has 2 rings (SSSR count). The molecular formula is C17H18O2. The van der Waals surface area contributed by atoms with Gasteiger partial charge in [-0.2, -0.15) is 0 Å². The summed E-state index contributed by atoms with van der Waals surface area (Å²) in [6.07, 6.45) is 2.24. The third kappa shape index (κ3) is 3.76. The minimum Gasteiger partial charge on any atom is -0.373 e. The molecule has 0 radical (unpaired) electrons. The number of benzene rings is 2. The number of Topliss-reactive ketones (excluding diaryl/α,β-unsaturated/α-hetero) is 1. The van der Waals surface area contributed by atoms with Gasteiger partial charge in [-0.15, -0.1) is 6.58 Å². The average Bonchev–Trinajstić information content (AvgIpc) is 2.38. The number of ketones is 1. The predicted molar refractivity (Wildman–Crippen MR) is 78.2 cm³/mol. The third-order valence-electron chi connectivity index (χ3n) is 2.93. The average molecular weight is 254 g/mol. The summed E-state index contributed by atoms with van der Waals surface area (Å²) in [5.41, 5.74) is 2.19. The van der Waals surface area contributed by atoms with Gasteiger partial charge in [-0.05, 0) is 34.9 Å². The summed E-state index contributed by atoms with van der Waals surface area (Å²) >= 11 is 0. The standard InChI is InChI=1S/C17H18O2/c1-3-8-19-12-15-5-7-16-6-4-14(9-13(2)18)10-17(16)11-15/h3-7,10-11H,1,8-9,12H2,2H3. The van der Waals surface area contributed by atoms with Crippen LogP contribution in [0, 0.1) is 0 Å². The van der Waals surface area contributed by atoms with E-state index in [1.807, 2.05) is 6.07 Å². The van der Waals surface area contributed by atoms with Crippen molar-refractivity contribution in [3.63, 3.8) is 0 Å². The first-order chi connectivity index (χ1) is 9.19. The van der Waals surface area contributed by atoms with Gasteiger partial charge in [0.2, 0.25) is 0 Å². The zero-order valence-electron chi connectivity index (χ0n) is 11.2. The van der Waals surface area contributed by atoms with Crippen molar-refractivity contribution in [3.8, 4) is 0 Å². The lowest BCUT2D eigenvalue weighted by atomic mass is 10.0. The molecule has 98 valence electrons. The van der Waals surface area contributed by atoms with Crippen LogP contribution in [0.2, 0.25) is 0 Å². The van der Waals surface area contributed by atoms with Crippen LogP contribution in [0.25, 0.3) is 10.8 Å². The SMILES string of the molecule is C=CCOCc1ccc2ccc(CC(C)=O)cc2c1. The predicted octanol–water partition coefficient (Wildman–Crippen LogP) is 3.67. The summed E-state index contributed by atoms with van der Waals surface area (Å²) in [4.78, 5) is 11.2. The number of rotatable bonds is 6. The first-order valence-corrected chi connectivity index (χ1v) is 6.38. The van der Waals surface area contributed by atoms with E-state index in [0.29, 0.717) is 19.6 Å². The molecule has 0 spiro atoms. The fourth-order valence-corrected chi connectivity index (χ4v) is 2.09. The maximum atomic E-state index is 11.2. The number of fused-ring (bicyclic) bond motifs is 1. The topological polar surface area (TPSA) is 26.3 Å². The number of carbonyl (C=O) groups is 1. The van der Waals surface area contributed by atoms with Crippen molar-refractivity contribution in [2.75, 3.05) is 6.61 Å². The zero-order valence-corrected chi connectivity index (χ0v) is 11.2. The van der Waals surface area contributed by atoms with E-state index in [4.69, 9.17) is 4.74 Å². The van der Waals surface area contributed by atoms with Crippen LogP contribution in [0.4, 0.5) is 0 Å². The minimum absolute atomic E-state index is 0.185. The Labute approximate surface area is 113 Å². The van der Waals surface area contributed by atoms with Crippen molar-refractivity contribution >= 4 is 16.6 Å². The Hall–Kier alpha value is -1.93. The molecular weight excluding hydrogens is 236 g/mol. The zero-order chi connectivity index (χ0) is 13.7. The van der Waals surface area contributed by atoms with Crippen LogP contribution in [0.1, 0.15) is 18.1 Å². The van der Waals surface area contributed by atoms with Crippen LogP contribution in [0.3, 0.4) is 0 Å². The first-order valence-electron chi connectivity index (χ1n) is 6.38. The van der Waals surface area contributed by atoms with Gasteiger partial charge in [0, 0.05) is 6.42 Å². The molecule has 19 heavy (non-hydrogen) atoms. The highest BCUT2D eigenvalue weighted by Crippen LogP contribution is 2.19. The van der Waals surface area contributed by atoms with Gasteiger partial charge in [0.15, 0.2) is 0 Å². The van der Waals surface area contributed by atoms with Crippen molar-refractivity contribution in [2.45, 2.75) is 20.0 Å². The summed E-state index contributed by atoms with van der Waals surface area (Å²) in [5, 5.41) is 2.33. The number of carbonyl (C=O) groups excluding carboxylic acids is 1. The van der Waals surface area contributed by atoms with Crippen LogP contribution in [-0.4, -0.2) is 12.4 Å². The maximum absolute atomic E-state index is 11.2. The van der Waals surface area contributed by atoms with E-state index in [-0.39, 0.29) is 5.78 Å². The molecule has 0 amide bonds. The van der Waals surface area contributed by atoms with Gasteiger partial charge in [-0.1, -0.05) is 36.4 Å². The van der Waals surface area contributed by atoms with Gasteiger partial charge in [-0.3, -0.25) is 4.79 Å². The molecule has 0 bridgehead atoms. The van der Waals surface area contributed by atoms with E-state index >= 15 is 0 Å². The lowest BCUT2D eigenvalue weighted by Gasteiger charge is -2.06. The van der Waals surface area contributed by atoms with Crippen LogP contribution in [-0.2, 0) is 22.6 Å². The smallest absolute Gasteiger partial charge is 0.134 e. The van der Waals surface area contributed by atoms with Crippen molar-refractivity contribution in [2.24, 2.45) is 0 Å². The summed E-state index contributed by atoms with van der Waals surface area (Å²) in [7, 11) is 0. The fraction of sp³-hybridized carbons (Fsp3) is 0.235. The second-order valence-corrected chi connectivity index (χ2v) is 4.70. The van der Waals surface area contributed by atoms with E-state index in [2.05, 4.69) is 36.9 Å². The van der Waals surface area contributed by atoms with Gasteiger partial charge in [0.05, 0.1) is 13.2 Å². The molecule has 0 saturated heterocycles. The summed E-state index contributed by atoms with van der Waals surface area (Å²) in [6, 6.07) is 12.4. The number of ether oxygens (including phenoxy) is 1. The second kappa shape index (κ2) is 6.30. The Morgan fingerprint density at radius 3 is 2.53 bits per heavy atom. The highest BCUT2D eigenvalue weighted by molar-refractivity contribution is 5.85. The van der Waals surface area contributed by atoms with Crippen LogP contribution >= 0.6 is 0 Å². The first kappa shape index (κ1) is 13.5. The molecule has 0 saturated carbocycles. The molecule has 0 aliphatic heterocycles. The molecule has 0 atom stereocenters. The van der Waals surface area contributed by atoms with E-state index in [1.165, 1.54) is 5.39 Å². The Morgan fingerprint density at radius 2 is 1.84 bits per heavy atom. The largest absolute Gasteiger partial charge is 0.373 e. The molecule has 0 heterocycles. The lowest BCUT2D eigenvalue weighted by Crippen LogP contribution is -1.96. The van der Waals surface area contributed by atoms with E-state index in [0.717, 1.165) is 16.5 Å².